The number of hydrogen-bond donors (Lipinski definition) is 1. The summed E-state index contributed by atoms with van der Waals surface area (Å²) >= 11 is 0. The second-order valence-electron chi connectivity index (χ2n) is 6.85. The summed E-state index contributed by atoms with van der Waals surface area (Å²) in [5.41, 5.74) is 4.36. The molecule has 0 atom stereocenters. The van der Waals surface area contributed by atoms with Gasteiger partial charge < -0.3 is 15.0 Å². The fourth-order valence-electron chi connectivity index (χ4n) is 3.30. The Bertz CT molecular complexity index is 768. The molecule has 5 nitrogen and oxygen atoms in total. The Balaban J connectivity index is 1.53. The van der Waals surface area contributed by atoms with E-state index < -0.39 is 0 Å². The van der Waals surface area contributed by atoms with E-state index in [0.717, 1.165) is 37.4 Å². The predicted octanol–water partition coefficient (Wildman–Crippen LogP) is 3.07. The van der Waals surface area contributed by atoms with Crippen LogP contribution in [0.5, 0.6) is 5.75 Å². The molecule has 0 bridgehead atoms. The number of aryl methyl sites for hydroxylation is 2. The van der Waals surface area contributed by atoms with Gasteiger partial charge in [-0.15, -0.1) is 0 Å². The molecule has 0 radical (unpaired) electrons. The highest BCUT2D eigenvalue weighted by atomic mass is 16.5. The molecule has 1 amide bonds. The van der Waals surface area contributed by atoms with Gasteiger partial charge >= 0.3 is 0 Å². The highest BCUT2D eigenvalue weighted by Crippen LogP contribution is 2.25. The number of methoxy groups -OCH3 is 1. The third-order valence-corrected chi connectivity index (χ3v) is 4.74. The minimum Gasteiger partial charge on any atom is -0.495 e. The van der Waals surface area contributed by atoms with Crippen LogP contribution >= 0.6 is 0 Å². The fourth-order valence-corrected chi connectivity index (χ4v) is 3.30. The number of anilines is 2. The molecule has 3 rings (SSSR count). The van der Waals surface area contributed by atoms with Gasteiger partial charge in [-0.05, 0) is 49.2 Å². The number of benzene rings is 2. The second-order valence-corrected chi connectivity index (χ2v) is 6.85. The molecule has 0 unspecified atom stereocenters. The number of nitrogens with one attached hydrogen (secondary N) is 1. The molecular weight excluding hydrogens is 326 g/mol. The molecule has 1 heterocycles. The van der Waals surface area contributed by atoms with Gasteiger partial charge in [0.1, 0.15) is 5.75 Å². The van der Waals surface area contributed by atoms with Crippen molar-refractivity contribution in [1.29, 1.82) is 0 Å². The molecular formula is C21H27N3O2. The molecule has 5 heteroatoms. The molecule has 1 saturated heterocycles. The van der Waals surface area contributed by atoms with E-state index in [9.17, 15) is 4.79 Å². The van der Waals surface area contributed by atoms with Crippen molar-refractivity contribution in [3.8, 4) is 5.75 Å². The summed E-state index contributed by atoms with van der Waals surface area (Å²) < 4.78 is 5.33. The van der Waals surface area contributed by atoms with Crippen LogP contribution < -0.4 is 15.0 Å². The van der Waals surface area contributed by atoms with E-state index in [1.54, 1.807) is 7.11 Å². The van der Waals surface area contributed by atoms with Crippen LogP contribution in [0, 0.1) is 13.8 Å². The lowest BCUT2D eigenvalue weighted by Gasteiger charge is -2.35. The molecule has 0 aliphatic carbocycles. The lowest BCUT2D eigenvalue weighted by atomic mass is 10.2. The monoisotopic (exact) mass is 353 g/mol. The second kappa shape index (κ2) is 8.23. The Hall–Kier alpha value is -2.53. The summed E-state index contributed by atoms with van der Waals surface area (Å²) in [4.78, 5) is 17.0. The maximum Gasteiger partial charge on any atom is 0.238 e. The van der Waals surface area contributed by atoms with Crippen molar-refractivity contribution in [3.05, 3.63) is 53.6 Å². The third kappa shape index (κ3) is 4.55. The van der Waals surface area contributed by atoms with Gasteiger partial charge in [0.15, 0.2) is 0 Å². The van der Waals surface area contributed by atoms with Gasteiger partial charge in [0.05, 0.1) is 19.3 Å². The Morgan fingerprint density at radius 3 is 2.46 bits per heavy atom. The summed E-state index contributed by atoms with van der Waals surface area (Å²) in [6.45, 7) is 8.15. The van der Waals surface area contributed by atoms with Crippen LogP contribution in [-0.2, 0) is 4.79 Å². The molecule has 26 heavy (non-hydrogen) atoms. The molecule has 2 aromatic rings. The molecule has 1 N–H and O–H groups in total. The van der Waals surface area contributed by atoms with E-state index in [2.05, 4.69) is 46.3 Å². The van der Waals surface area contributed by atoms with Crippen molar-refractivity contribution in [1.82, 2.24) is 4.90 Å². The van der Waals surface area contributed by atoms with Crippen LogP contribution in [0.25, 0.3) is 0 Å². The third-order valence-electron chi connectivity index (χ3n) is 4.74. The molecule has 1 fully saturated rings. The van der Waals surface area contributed by atoms with Gasteiger partial charge in [0.25, 0.3) is 0 Å². The number of carbonyl (C=O) groups is 1. The van der Waals surface area contributed by atoms with E-state index in [4.69, 9.17) is 4.74 Å². The zero-order chi connectivity index (χ0) is 18.5. The number of hydrogen-bond acceptors (Lipinski definition) is 4. The fraction of sp³-hybridized carbons (Fsp3) is 0.381. The highest BCUT2D eigenvalue weighted by Gasteiger charge is 2.19. The van der Waals surface area contributed by atoms with Gasteiger partial charge in [-0.3, -0.25) is 9.69 Å². The van der Waals surface area contributed by atoms with Crippen LogP contribution in [-0.4, -0.2) is 50.6 Å². The normalized spacial score (nSPS) is 15.0. The van der Waals surface area contributed by atoms with Gasteiger partial charge in [-0.1, -0.05) is 18.2 Å². The molecule has 0 saturated carbocycles. The summed E-state index contributed by atoms with van der Waals surface area (Å²) in [6, 6.07) is 14.4. The van der Waals surface area contributed by atoms with Gasteiger partial charge in [0.2, 0.25) is 5.91 Å². The Labute approximate surface area is 155 Å². The quantitative estimate of drug-likeness (QED) is 0.897. The minimum absolute atomic E-state index is 0.00194. The topological polar surface area (TPSA) is 44.8 Å². The summed E-state index contributed by atoms with van der Waals surface area (Å²) in [7, 11) is 1.62. The molecule has 0 spiro atoms. The largest absolute Gasteiger partial charge is 0.495 e. The maximum absolute atomic E-state index is 12.4. The molecule has 2 aromatic carbocycles. The average Bonchev–Trinajstić information content (AvgIpc) is 2.62. The summed E-state index contributed by atoms with van der Waals surface area (Å²) in [6.07, 6.45) is 0. The van der Waals surface area contributed by atoms with Crippen molar-refractivity contribution < 1.29 is 9.53 Å². The number of carbonyl (C=O) groups excluding carboxylic acids is 1. The van der Waals surface area contributed by atoms with Crippen LogP contribution in [0.3, 0.4) is 0 Å². The number of amides is 1. The van der Waals surface area contributed by atoms with Gasteiger partial charge in [-0.25, -0.2) is 0 Å². The van der Waals surface area contributed by atoms with Gasteiger partial charge in [-0.2, -0.15) is 0 Å². The van der Waals surface area contributed by atoms with E-state index in [1.807, 2.05) is 25.1 Å². The van der Waals surface area contributed by atoms with Crippen molar-refractivity contribution in [2.24, 2.45) is 0 Å². The number of piperazine rings is 1. The van der Waals surface area contributed by atoms with E-state index in [1.165, 1.54) is 11.3 Å². The summed E-state index contributed by atoms with van der Waals surface area (Å²) in [5.74, 6) is 0.686. The van der Waals surface area contributed by atoms with Crippen molar-refractivity contribution >= 4 is 17.3 Å². The lowest BCUT2D eigenvalue weighted by molar-refractivity contribution is -0.117. The zero-order valence-electron chi connectivity index (χ0n) is 15.8. The van der Waals surface area contributed by atoms with E-state index in [-0.39, 0.29) is 5.91 Å². The first-order chi connectivity index (χ1) is 12.5. The van der Waals surface area contributed by atoms with Crippen LogP contribution in [0.2, 0.25) is 0 Å². The molecule has 1 aliphatic rings. The van der Waals surface area contributed by atoms with Crippen LogP contribution in [0.15, 0.2) is 42.5 Å². The van der Waals surface area contributed by atoms with Crippen molar-refractivity contribution in [3.63, 3.8) is 0 Å². The Kier molecular flexibility index (Phi) is 5.78. The maximum atomic E-state index is 12.4. The number of nitrogens with zero attached hydrogens (tertiary/aromatic N) is 2. The van der Waals surface area contributed by atoms with E-state index in [0.29, 0.717) is 12.3 Å². The lowest BCUT2D eigenvalue weighted by Crippen LogP contribution is -2.48. The number of rotatable bonds is 5. The highest BCUT2D eigenvalue weighted by molar-refractivity contribution is 5.93. The molecule has 0 aromatic heterocycles. The minimum atomic E-state index is -0.00194. The smallest absolute Gasteiger partial charge is 0.238 e. The number of ether oxygens (including phenoxy) is 1. The zero-order valence-corrected chi connectivity index (χ0v) is 15.8. The first-order valence-corrected chi connectivity index (χ1v) is 9.03. The standard InChI is InChI=1S/C21H27N3O2/c1-16-5-4-6-18(13-16)24-11-9-23(10-12-24)15-21(25)22-19-14-17(2)7-8-20(19)26-3/h4-8,13-14H,9-12,15H2,1-3H3,(H,22,25). The average molecular weight is 353 g/mol. The van der Waals surface area contributed by atoms with Crippen molar-refractivity contribution in [2.75, 3.05) is 50.1 Å². The SMILES string of the molecule is COc1ccc(C)cc1NC(=O)CN1CCN(c2cccc(C)c2)CC1. The van der Waals surface area contributed by atoms with Crippen LogP contribution in [0.1, 0.15) is 11.1 Å². The first kappa shape index (κ1) is 18.3. The first-order valence-electron chi connectivity index (χ1n) is 9.03. The Morgan fingerprint density at radius 2 is 1.77 bits per heavy atom. The van der Waals surface area contributed by atoms with Gasteiger partial charge in [0, 0.05) is 31.9 Å². The predicted molar refractivity (Wildman–Crippen MR) is 106 cm³/mol. The molecule has 138 valence electrons. The van der Waals surface area contributed by atoms with E-state index >= 15 is 0 Å². The molecule has 1 aliphatic heterocycles. The van der Waals surface area contributed by atoms with Crippen LogP contribution in [0.4, 0.5) is 11.4 Å². The van der Waals surface area contributed by atoms with Crippen molar-refractivity contribution in [2.45, 2.75) is 13.8 Å². The Morgan fingerprint density at radius 1 is 1.04 bits per heavy atom. The summed E-state index contributed by atoms with van der Waals surface area (Å²) in [5, 5.41) is 2.98.